The Hall–Kier alpha value is -3.83. The maximum atomic E-state index is 13.6. The highest BCUT2D eigenvalue weighted by Gasteiger charge is 2.32. The SMILES string of the molecule is COc1ccc(C(=O)OCc2ccccc2C#N)cc1S(=O)(=O)N1CCCc2ccccc21. The lowest BCUT2D eigenvalue weighted by Crippen LogP contribution is -2.35. The number of benzene rings is 3. The van der Waals surface area contributed by atoms with Crippen molar-refractivity contribution in [3.8, 4) is 11.8 Å². The van der Waals surface area contributed by atoms with Gasteiger partial charge in [0.2, 0.25) is 0 Å². The second kappa shape index (κ2) is 9.35. The molecule has 3 aromatic rings. The number of rotatable bonds is 6. The summed E-state index contributed by atoms with van der Waals surface area (Å²) in [5, 5.41) is 9.20. The van der Waals surface area contributed by atoms with Crippen molar-refractivity contribution in [3.05, 3.63) is 89.0 Å². The molecule has 1 aliphatic rings. The van der Waals surface area contributed by atoms with E-state index in [2.05, 4.69) is 6.07 Å². The smallest absolute Gasteiger partial charge is 0.338 e. The summed E-state index contributed by atoms with van der Waals surface area (Å²) in [4.78, 5) is 12.6. The van der Waals surface area contributed by atoms with Gasteiger partial charge in [-0.05, 0) is 48.7 Å². The number of para-hydroxylation sites is 1. The lowest BCUT2D eigenvalue weighted by atomic mass is 10.0. The van der Waals surface area contributed by atoms with Gasteiger partial charge in [-0.25, -0.2) is 13.2 Å². The van der Waals surface area contributed by atoms with Crippen LogP contribution >= 0.6 is 0 Å². The van der Waals surface area contributed by atoms with Crippen molar-refractivity contribution in [1.82, 2.24) is 0 Å². The lowest BCUT2D eigenvalue weighted by molar-refractivity contribution is 0.0472. The molecule has 168 valence electrons. The van der Waals surface area contributed by atoms with Crippen molar-refractivity contribution in [2.24, 2.45) is 0 Å². The number of sulfonamides is 1. The van der Waals surface area contributed by atoms with E-state index in [-0.39, 0.29) is 22.8 Å². The number of carbonyl (C=O) groups is 1. The number of nitrogens with zero attached hydrogens (tertiary/aromatic N) is 2. The van der Waals surface area contributed by atoms with Gasteiger partial charge in [0, 0.05) is 12.1 Å². The summed E-state index contributed by atoms with van der Waals surface area (Å²) in [6.07, 6.45) is 1.49. The van der Waals surface area contributed by atoms with Gasteiger partial charge in [-0.1, -0.05) is 36.4 Å². The largest absolute Gasteiger partial charge is 0.495 e. The third kappa shape index (κ3) is 4.41. The van der Waals surface area contributed by atoms with Crippen molar-refractivity contribution in [2.45, 2.75) is 24.3 Å². The van der Waals surface area contributed by atoms with Crippen LogP contribution in [0.2, 0.25) is 0 Å². The summed E-state index contributed by atoms with van der Waals surface area (Å²) in [5.41, 5.74) is 2.64. The van der Waals surface area contributed by atoms with Crippen molar-refractivity contribution < 1.29 is 22.7 Å². The summed E-state index contributed by atoms with van der Waals surface area (Å²) in [5.74, 6) is -0.551. The molecule has 0 spiro atoms. The van der Waals surface area contributed by atoms with Crippen molar-refractivity contribution in [1.29, 1.82) is 5.26 Å². The molecule has 0 aromatic heterocycles. The molecule has 1 aliphatic heterocycles. The first-order chi connectivity index (χ1) is 16.0. The first-order valence-electron chi connectivity index (χ1n) is 10.4. The van der Waals surface area contributed by atoms with Crippen LogP contribution in [0.1, 0.15) is 33.5 Å². The number of fused-ring (bicyclic) bond motifs is 1. The van der Waals surface area contributed by atoms with Crippen LogP contribution in [-0.4, -0.2) is 28.0 Å². The molecule has 0 fully saturated rings. The molecule has 0 unspecified atom stereocenters. The van der Waals surface area contributed by atoms with Gasteiger partial charge < -0.3 is 9.47 Å². The normalized spacial score (nSPS) is 13.0. The number of esters is 1. The number of nitriles is 1. The number of methoxy groups -OCH3 is 1. The topological polar surface area (TPSA) is 96.7 Å². The molecule has 0 bridgehead atoms. The third-order valence-corrected chi connectivity index (χ3v) is 7.37. The second-order valence-electron chi connectivity index (χ2n) is 7.52. The van der Waals surface area contributed by atoms with Gasteiger partial charge in [-0.2, -0.15) is 5.26 Å². The minimum Gasteiger partial charge on any atom is -0.495 e. The molecule has 33 heavy (non-hydrogen) atoms. The Morgan fingerprint density at radius 1 is 1.09 bits per heavy atom. The van der Waals surface area contributed by atoms with Crippen molar-refractivity contribution in [2.75, 3.05) is 18.0 Å². The predicted octanol–water partition coefficient (Wildman–Crippen LogP) is 4.07. The summed E-state index contributed by atoms with van der Waals surface area (Å²) >= 11 is 0. The van der Waals surface area contributed by atoms with Gasteiger partial charge >= 0.3 is 5.97 Å². The Morgan fingerprint density at radius 3 is 2.64 bits per heavy atom. The Kier molecular flexibility index (Phi) is 6.33. The molecular weight excluding hydrogens is 440 g/mol. The van der Waals surface area contributed by atoms with E-state index in [1.54, 1.807) is 36.4 Å². The molecule has 0 saturated carbocycles. The maximum absolute atomic E-state index is 13.6. The predicted molar refractivity (Wildman–Crippen MR) is 123 cm³/mol. The van der Waals surface area contributed by atoms with E-state index in [4.69, 9.17) is 9.47 Å². The van der Waals surface area contributed by atoms with Gasteiger partial charge in [-0.3, -0.25) is 4.31 Å². The van der Waals surface area contributed by atoms with Gasteiger partial charge in [0.25, 0.3) is 10.0 Å². The lowest BCUT2D eigenvalue weighted by Gasteiger charge is -2.31. The second-order valence-corrected chi connectivity index (χ2v) is 9.35. The average Bonchev–Trinajstić information content (AvgIpc) is 2.86. The summed E-state index contributed by atoms with van der Waals surface area (Å²) < 4.78 is 39.3. The van der Waals surface area contributed by atoms with Crippen LogP contribution in [0, 0.1) is 11.3 Å². The van der Waals surface area contributed by atoms with Crippen LogP contribution in [0.25, 0.3) is 0 Å². The van der Waals surface area contributed by atoms with Crippen molar-refractivity contribution in [3.63, 3.8) is 0 Å². The quantitative estimate of drug-likeness (QED) is 0.513. The average molecular weight is 463 g/mol. The number of hydrogen-bond donors (Lipinski definition) is 0. The maximum Gasteiger partial charge on any atom is 0.338 e. The van der Waals surface area contributed by atoms with Gasteiger partial charge in [-0.15, -0.1) is 0 Å². The highest BCUT2D eigenvalue weighted by atomic mass is 32.2. The van der Waals surface area contributed by atoms with E-state index in [1.165, 1.54) is 29.6 Å². The first kappa shape index (κ1) is 22.4. The van der Waals surface area contributed by atoms with E-state index >= 15 is 0 Å². The summed E-state index contributed by atoms with van der Waals surface area (Å²) in [6, 6.07) is 20.4. The molecular formula is C25H22N2O5S. The fourth-order valence-electron chi connectivity index (χ4n) is 3.85. The van der Waals surface area contributed by atoms with Gasteiger partial charge in [0.05, 0.1) is 30.0 Å². The molecule has 1 heterocycles. The first-order valence-corrected chi connectivity index (χ1v) is 11.8. The summed E-state index contributed by atoms with van der Waals surface area (Å²) in [7, 11) is -2.61. The molecule has 0 aliphatic carbocycles. The third-order valence-electron chi connectivity index (χ3n) is 5.53. The minimum absolute atomic E-state index is 0.0779. The molecule has 4 rings (SSSR count). The van der Waals surface area contributed by atoms with E-state index in [0.29, 0.717) is 29.8 Å². The molecule has 7 nitrogen and oxygen atoms in total. The zero-order valence-electron chi connectivity index (χ0n) is 18.0. The number of anilines is 1. The van der Waals surface area contributed by atoms with Crippen molar-refractivity contribution >= 4 is 21.7 Å². The number of ether oxygens (including phenoxy) is 2. The fourth-order valence-corrected chi connectivity index (χ4v) is 5.58. The molecule has 0 amide bonds. The zero-order chi connectivity index (χ0) is 23.4. The highest BCUT2D eigenvalue weighted by molar-refractivity contribution is 7.93. The molecule has 0 N–H and O–H groups in total. The van der Waals surface area contributed by atoms with Crippen LogP contribution < -0.4 is 9.04 Å². The van der Waals surface area contributed by atoms with E-state index in [0.717, 1.165) is 12.0 Å². The fraction of sp³-hybridized carbons (Fsp3) is 0.200. The highest BCUT2D eigenvalue weighted by Crippen LogP contribution is 2.35. The van der Waals surface area contributed by atoms with Crippen LogP contribution in [0.3, 0.4) is 0 Å². The zero-order valence-corrected chi connectivity index (χ0v) is 18.8. The molecule has 0 radical (unpaired) electrons. The standard InChI is InChI=1S/C25H22N2O5S/c1-31-23-13-12-19(25(28)32-17-21-9-3-2-8-20(21)16-26)15-24(23)33(29,30)27-14-6-10-18-7-4-5-11-22(18)27/h2-5,7-9,11-13,15H,6,10,14,17H2,1H3. The van der Waals surface area contributed by atoms with Crippen LogP contribution in [0.15, 0.2) is 71.6 Å². The number of carbonyl (C=O) groups excluding carboxylic acids is 1. The monoisotopic (exact) mass is 462 g/mol. The van der Waals surface area contributed by atoms with Gasteiger partial charge in [0.15, 0.2) is 0 Å². The Bertz CT molecular complexity index is 1340. The minimum atomic E-state index is -3.99. The Labute approximate surface area is 192 Å². The molecule has 3 aromatic carbocycles. The van der Waals surface area contributed by atoms with E-state index in [9.17, 15) is 18.5 Å². The van der Waals surface area contributed by atoms with Gasteiger partial charge in [0.1, 0.15) is 17.3 Å². The molecule has 0 atom stereocenters. The van der Waals surface area contributed by atoms with E-state index < -0.39 is 16.0 Å². The number of aryl methyl sites for hydroxylation is 1. The van der Waals surface area contributed by atoms with E-state index in [1.807, 2.05) is 12.1 Å². The Balaban J connectivity index is 1.65. The molecule has 0 saturated heterocycles. The van der Waals surface area contributed by atoms with Crippen LogP contribution in [0.4, 0.5) is 5.69 Å². The van der Waals surface area contributed by atoms with Crippen LogP contribution in [0.5, 0.6) is 5.75 Å². The van der Waals surface area contributed by atoms with Crippen LogP contribution in [-0.2, 0) is 27.8 Å². The number of hydrogen-bond acceptors (Lipinski definition) is 6. The summed E-state index contributed by atoms with van der Waals surface area (Å²) in [6.45, 7) is 0.234. The molecule has 8 heteroatoms. The Morgan fingerprint density at radius 2 is 1.85 bits per heavy atom.